The summed E-state index contributed by atoms with van der Waals surface area (Å²) in [5, 5.41) is 3.40. The average Bonchev–Trinajstić information content (AvgIpc) is 2.39. The number of hydrogen-bond donors (Lipinski definition) is 1. The molecule has 1 saturated heterocycles. The first-order chi connectivity index (χ1) is 9.78. The van der Waals surface area contributed by atoms with E-state index in [2.05, 4.69) is 49.9 Å². The van der Waals surface area contributed by atoms with E-state index in [0.717, 1.165) is 30.9 Å². The first kappa shape index (κ1) is 16.2. The molecule has 1 aliphatic heterocycles. The zero-order valence-corrected chi connectivity index (χ0v) is 13.9. The van der Waals surface area contributed by atoms with Crippen molar-refractivity contribution in [2.45, 2.75) is 45.8 Å². The SMILES string of the molecule is CC1CN(c2cccc(F)c2CNC(C)(C)C)CCN1C. The number of nitrogens with zero attached hydrogens (tertiary/aromatic N) is 2. The van der Waals surface area contributed by atoms with Crippen LogP contribution in [0.15, 0.2) is 18.2 Å². The summed E-state index contributed by atoms with van der Waals surface area (Å²) >= 11 is 0. The molecule has 0 radical (unpaired) electrons. The lowest BCUT2D eigenvalue weighted by atomic mass is 10.1. The smallest absolute Gasteiger partial charge is 0.129 e. The number of nitrogens with one attached hydrogen (secondary N) is 1. The fraction of sp³-hybridized carbons (Fsp3) is 0.647. The minimum Gasteiger partial charge on any atom is -0.368 e. The zero-order chi connectivity index (χ0) is 15.6. The van der Waals surface area contributed by atoms with Gasteiger partial charge in [0.25, 0.3) is 0 Å². The number of anilines is 1. The van der Waals surface area contributed by atoms with Gasteiger partial charge in [-0.25, -0.2) is 4.39 Å². The molecule has 1 atom stereocenters. The number of rotatable bonds is 3. The van der Waals surface area contributed by atoms with Crippen LogP contribution in [0.2, 0.25) is 0 Å². The van der Waals surface area contributed by atoms with E-state index in [1.165, 1.54) is 0 Å². The molecule has 3 nitrogen and oxygen atoms in total. The summed E-state index contributed by atoms with van der Waals surface area (Å²) < 4.78 is 14.3. The van der Waals surface area contributed by atoms with Crippen molar-refractivity contribution in [3.8, 4) is 0 Å². The van der Waals surface area contributed by atoms with E-state index < -0.39 is 0 Å². The van der Waals surface area contributed by atoms with E-state index in [-0.39, 0.29) is 11.4 Å². The van der Waals surface area contributed by atoms with Gasteiger partial charge in [-0.3, -0.25) is 0 Å². The van der Waals surface area contributed by atoms with Gasteiger partial charge in [0, 0.05) is 49.0 Å². The zero-order valence-electron chi connectivity index (χ0n) is 13.9. The molecule has 1 fully saturated rings. The Kier molecular flexibility index (Phi) is 4.89. The number of benzene rings is 1. The van der Waals surface area contributed by atoms with Gasteiger partial charge in [0.2, 0.25) is 0 Å². The third-order valence-corrected chi connectivity index (χ3v) is 4.19. The molecule has 0 amide bonds. The third-order valence-electron chi connectivity index (χ3n) is 4.19. The molecule has 118 valence electrons. The van der Waals surface area contributed by atoms with Crippen LogP contribution < -0.4 is 10.2 Å². The van der Waals surface area contributed by atoms with E-state index in [1.807, 2.05) is 12.1 Å². The van der Waals surface area contributed by atoms with Crippen LogP contribution in [0.25, 0.3) is 0 Å². The molecule has 0 spiro atoms. The molecule has 0 bridgehead atoms. The van der Waals surface area contributed by atoms with Crippen LogP contribution in [0.3, 0.4) is 0 Å². The first-order valence-electron chi connectivity index (χ1n) is 7.75. The van der Waals surface area contributed by atoms with Crippen molar-refractivity contribution in [2.75, 3.05) is 31.6 Å². The highest BCUT2D eigenvalue weighted by Crippen LogP contribution is 2.26. The average molecular weight is 293 g/mol. The van der Waals surface area contributed by atoms with Crippen molar-refractivity contribution < 1.29 is 4.39 Å². The molecule has 1 aromatic rings. The minimum atomic E-state index is -0.115. The van der Waals surface area contributed by atoms with Gasteiger partial charge < -0.3 is 15.1 Å². The van der Waals surface area contributed by atoms with Crippen molar-refractivity contribution in [1.29, 1.82) is 0 Å². The second kappa shape index (κ2) is 6.32. The second-order valence-electron chi connectivity index (χ2n) is 7.12. The Morgan fingerprint density at radius 3 is 2.62 bits per heavy atom. The molecule has 21 heavy (non-hydrogen) atoms. The normalized spacial score (nSPS) is 20.9. The molecule has 4 heteroatoms. The van der Waals surface area contributed by atoms with Crippen molar-refractivity contribution >= 4 is 5.69 Å². The van der Waals surface area contributed by atoms with Gasteiger partial charge in [-0.1, -0.05) is 6.07 Å². The Labute approximate surface area is 128 Å². The van der Waals surface area contributed by atoms with Crippen LogP contribution in [0.4, 0.5) is 10.1 Å². The Bertz CT molecular complexity index is 481. The number of piperazine rings is 1. The summed E-state index contributed by atoms with van der Waals surface area (Å²) in [5.41, 5.74) is 1.80. The summed E-state index contributed by atoms with van der Waals surface area (Å²) in [5.74, 6) is -0.115. The van der Waals surface area contributed by atoms with E-state index in [0.29, 0.717) is 12.6 Å². The predicted octanol–water partition coefficient (Wildman–Crippen LogP) is 2.85. The number of halogens is 1. The molecule has 1 unspecified atom stereocenters. The Balaban J connectivity index is 2.21. The van der Waals surface area contributed by atoms with E-state index in [9.17, 15) is 4.39 Å². The van der Waals surface area contributed by atoms with Gasteiger partial charge >= 0.3 is 0 Å². The standard InChI is InChI=1S/C17H28FN3/c1-13-12-21(10-9-20(13)5)16-8-6-7-15(18)14(16)11-19-17(2,3)4/h6-8,13,19H,9-12H2,1-5H3. The van der Waals surface area contributed by atoms with Gasteiger partial charge in [-0.2, -0.15) is 0 Å². The monoisotopic (exact) mass is 293 g/mol. The Morgan fingerprint density at radius 2 is 2.00 bits per heavy atom. The second-order valence-corrected chi connectivity index (χ2v) is 7.12. The highest BCUT2D eigenvalue weighted by molar-refractivity contribution is 5.55. The summed E-state index contributed by atoms with van der Waals surface area (Å²) in [6.45, 7) is 12.0. The van der Waals surface area contributed by atoms with Crippen LogP contribution in [0.1, 0.15) is 33.3 Å². The molecule has 1 heterocycles. The van der Waals surface area contributed by atoms with Crippen LogP contribution >= 0.6 is 0 Å². The quantitative estimate of drug-likeness (QED) is 0.924. The highest BCUT2D eigenvalue weighted by atomic mass is 19.1. The maximum atomic E-state index is 14.3. The molecule has 1 aliphatic rings. The highest BCUT2D eigenvalue weighted by Gasteiger charge is 2.24. The number of hydrogen-bond acceptors (Lipinski definition) is 3. The van der Waals surface area contributed by atoms with Gasteiger partial charge in [-0.15, -0.1) is 0 Å². The first-order valence-corrected chi connectivity index (χ1v) is 7.75. The van der Waals surface area contributed by atoms with Gasteiger partial charge in [-0.05, 0) is 46.9 Å². The molecule has 1 N–H and O–H groups in total. The van der Waals surface area contributed by atoms with Gasteiger partial charge in [0.1, 0.15) is 5.82 Å². The maximum Gasteiger partial charge on any atom is 0.129 e. The van der Waals surface area contributed by atoms with Crippen molar-refractivity contribution in [3.63, 3.8) is 0 Å². The minimum absolute atomic E-state index is 0.0189. The van der Waals surface area contributed by atoms with Crippen molar-refractivity contribution in [3.05, 3.63) is 29.6 Å². The lowest BCUT2D eigenvalue weighted by Crippen LogP contribution is -2.50. The summed E-state index contributed by atoms with van der Waals surface area (Å²) in [6, 6.07) is 5.91. The fourth-order valence-corrected chi connectivity index (χ4v) is 2.64. The third kappa shape index (κ3) is 4.17. The Morgan fingerprint density at radius 1 is 1.29 bits per heavy atom. The Hall–Kier alpha value is -1.13. The molecule has 0 aliphatic carbocycles. The largest absolute Gasteiger partial charge is 0.368 e. The lowest BCUT2D eigenvalue weighted by molar-refractivity contribution is 0.234. The van der Waals surface area contributed by atoms with Crippen LogP contribution in [-0.2, 0) is 6.54 Å². The predicted molar refractivity (Wildman–Crippen MR) is 87.3 cm³/mol. The molecule has 2 rings (SSSR count). The van der Waals surface area contributed by atoms with E-state index in [4.69, 9.17) is 0 Å². The summed E-state index contributed by atoms with van der Waals surface area (Å²) in [4.78, 5) is 4.66. The van der Waals surface area contributed by atoms with Crippen LogP contribution in [-0.4, -0.2) is 43.2 Å². The molecular weight excluding hydrogens is 265 g/mol. The maximum absolute atomic E-state index is 14.3. The molecule has 0 saturated carbocycles. The van der Waals surface area contributed by atoms with Crippen LogP contribution in [0.5, 0.6) is 0 Å². The van der Waals surface area contributed by atoms with Gasteiger partial charge in [0.05, 0.1) is 0 Å². The fourth-order valence-electron chi connectivity index (χ4n) is 2.64. The molecule has 0 aromatic heterocycles. The van der Waals surface area contributed by atoms with Crippen molar-refractivity contribution in [1.82, 2.24) is 10.2 Å². The van der Waals surface area contributed by atoms with Crippen LogP contribution in [0, 0.1) is 5.82 Å². The summed E-state index contributed by atoms with van der Waals surface area (Å²) in [6.07, 6.45) is 0. The van der Waals surface area contributed by atoms with E-state index >= 15 is 0 Å². The number of likely N-dealkylation sites (N-methyl/N-ethyl adjacent to an activating group) is 1. The lowest BCUT2D eigenvalue weighted by Gasteiger charge is -2.40. The van der Waals surface area contributed by atoms with Gasteiger partial charge in [0.15, 0.2) is 0 Å². The van der Waals surface area contributed by atoms with Crippen molar-refractivity contribution in [2.24, 2.45) is 0 Å². The summed E-state index contributed by atoms with van der Waals surface area (Å²) in [7, 11) is 2.15. The van der Waals surface area contributed by atoms with E-state index in [1.54, 1.807) is 6.07 Å². The molecule has 1 aromatic carbocycles. The molecular formula is C17H28FN3. The topological polar surface area (TPSA) is 18.5 Å².